The predicted octanol–water partition coefficient (Wildman–Crippen LogP) is 2.01. The molecule has 1 N–H and O–H groups in total. The molecule has 1 heterocycles. The van der Waals surface area contributed by atoms with Gasteiger partial charge < -0.3 is 14.9 Å². The number of anilines is 1. The van der Waals surface area contributed by atoms with Crippen molar-refractivity contribution in [2.24, 2.45) is 0 Å². The lowest BCUT2D eigenvalue weighted by atomic mass is 9.96. The molecule has 0 aromatic heterocycles. The zero-order chi connectivity index (χ0) is 15.4. The average molecular weight is 290 g/mol. The van der Waals surface area contributed by atoms with Gasteiger partial charge in [-0.15, -0.1) is 0 Å². The van der Waals surface area contributed by atoms with Gasteiger partial charge in [-0.2, -0.15) is 0 Å². The fourth-order valence-corrected chi connectivity index (χ4v) is 2.90. The van der Waals surface area contributed by atoms with Crippen LogP contribution >= 0.6 is 0 Å². The van der Waals surface area contributed by atoms with Crippen molar-refractivity contribution in [3.05, 3.63) is 29.3 Å². The van der Waals surface area contributed by atoms with Crippen LogP contribution in [0.2, 0.25) is 0 Å². The quantitative estimate of drug-likeness (QED) is 0.901. The number of fused-ring (bicyclic) bond motifs is 1. The van der Waals surface area contributed by atoms with Crippen LogP contribution in [0, 0.1) is 0 Å². The Balaban J connectivity index is 2.25. The van der Waals surface area contributed by atoms with Crippen molar-refractivity contribution < 1.29 is 14.7 Å². The second-order valence-corrected chi connectivity index (χ2v) is 5.20. The van der Waals surface area contributed by atoms with Crippen LogP contribution in [0.5, 0.6) is 0 Å². The molecular weight excluding hydrogens is 268 g/mol. The van der Waals surface area contributed by atoms with E-state index in [4.69, 9.17) is 0 Å². The average Bonchev–Trinajstić information content (AvgIpc) is 2.48. The number of carbonyl (C=O) groups excluding carboxylic acids is 1. The van der Waals surface area contributed by atoms with Crippen molar-refractivity contribution in [3.63, 3.8) is 0 Å². The summed E-state index contributed by atoms with van der Waals surface area (Å²) in [5.74, 6) is -0.808. The van der Waals surface area contributed by atoms with Crippen LogP contribution in [0.15, 0.2) is 18.2 Å². The van der Waals surface area contributed by atoms with E-state index in [-0.39, 0.29) is 5.91 Å². The van der Waals surface area contributed by atoms with Gasteiger partial charge in [-0.05, 0) is 44.4 Å². The molecule has 0 fully saturated rings. The lowest BCUT2D eigenvalue weighted by Crippen LogP contribution is -2.42. The smallest absolute Gasteiger partial charge is 0.336 e. The number of rotatable bonds is 5. The topological polar surface area (TPSA) is 60.9 Å². The minimum atomic E-state index is -0.899. The molecule has 1 aliphatic heterocycles. The number of nitrogens with zero attached hydrogens (tertiary/aromatic N) is 2. The molecule has 2 rings (SSSR count). The Morgan fingerprint density at radius 2 is 2.00 bits per heavy atom. The number of hydrogen-bond donors (Lipinski definition) is 1. The third-order valence-corrected chi connectivity index (χ3v) is 4.02. The normalized spacial score (nSPS) is 13.7. The van der Waals surface area contributed by atoms with Crippen LogP contribution < -0.4 is 4.90 Å². The summed E-state index contributed by atoms with van der Waals surface area (Å²) in [6.07, 6.45) is 1.64. The first-order chi connectivity index (χ1) is 10.1. The van der Waals surface area contributed by atoms with E-state index in [0.29, 0.717) is 25.2 Å². The van der Waals surface area contributed by atoms with Gasteiger partial charge in [-0.25, -0.2) is 4.79 Å². The molecule has 21 heavy (non-hydrogen) atoms. The van der Waals surface area contributed by atoms with Gasteiger partial charge in [0.15, 0.2) is 0 Å². The van der Waals surface area contributed by atoms with E-state index in [2.05, 4.69) is 0 Å². The van der Waals surface area contributed by atoms with Gasteiger partial charge in [0.25, 0.3) is 0 Å². The summed E-state index contributed by atoms with van der Waals surface area (Å²) in [6.45, 7) is 6.44. The number of carbonyl (C=O) groups is 2. The summed E-state index contributed by atoms with van der Waals surface area (Å²) in [7, 11) is 0. The van der Waals surface area contributed by atoms with Crippen molar-refractivity contribution in [2.45, 2.75) is 26.7 Å². The second-order valence-electron chi connectivity index (χ2n) is 5.20. The summed E-state index contributed by atoms with van der Waals surface area (Å²) in [6, 6.07) is 5.30. The minimum absolute atomic E-state index is 0.0913. The van der Waals surface area contributed by atoms with Gasteiger partial charge in [-0.3, -0.25) is 4.79 Å². The number of benzene rings is 1. The molecular formula is C16H22N2O3. The summed E-state index contributed by atoms with van der Waals surface area (Å²) < 4.78 is 0. The van der Waals surface area contributed by atoms with Crippen LogP contribution in [0.25, 0.3) is 0 Å². The first-order valence-electron chi connectivity index (χ1n) is 7.46. The molecule has 0 aliphatic carbocycles. The van der Waals surface area contributed by atoms with Crippen LogP contribution in [0.4, 0.5) is 5.69 Å². The van der Waals surface area contributed by atoms with Gasteiger partial charge in [0.2, 0.25) is 5.91 Å². The predicted molar refractivity (Wildman–Crippen MR) is 81.9 cm³/mol. The number of carboxylic acid groups (broad SMARTS) is 1. The van der Waals surface area contributed by atoms with Gasteiger partial charge >= 0.3 is 5.97 Å². The Kier molecular flexibility index (Phi) is 4.83. The molecule has 5 heteroatoms. The highest BCUT2D eigenvalue weighted by molar-refractivity contribution is 5.92. The summed E-state index contributed by atoms with van der Waals surface area (Å²) >= 11 is 0. The number of likely N-dealkylation sites (N-methyl/N-ethyl adjacent to an activating group) is 1. The molecule has 0 saturated heterocycles. The maximum Gasteiger partial charge on any atom is 0.336 e. The largest absolute Gasteiger partial charge is 0.478 e. The van der Waals surface area contributed by atoms with Gasteiger partial charge in [0, 0.05) is 25.3 Å². The van der Waals surface area contributed by atoms with Crippen LogP contribution in [0.1, 0.15) is 36.2 Å². The van der Waals surface area contributed by atoms with Crippen LogP contribution in [0.3, 0.4) is 0 Å². The van der Waals surface area contributed by atoms with Crippen LogP contribution in [-0.2, 0) is 11.2 Å². The highest BCUT2D eigenvalue weighted by Gasteiger charge is 2.24. The third kappa shape index (κ3) is 3.17. The lowest BCUT2D eigenvalue weighted by molar-refractivity contribution is -0.129. The second kappa shape index (κ2) is 6.61. The zero-order valence-electron chi connectivity index (χ0n) is 12.6. The Hall–Kier alpha value is -2.04. The summed E-state index contributed by atoms with van der Waals surface area (Å²) in [5, 5.41) is 9.28. The highest BCUT2D eigenvalue weighted by Crippen LogP contribution is 2.29. The fourth-order valence-electron chi connectivity index (χ4n) is 2.90. The van der Waals surface area contributed by atoms with Crippen molar-refractivity contribution in [1.82, 2.24) is 4.90 Å². The Bertz CT molecular complexity index is 538. The first-order valence-corrected chi connectivity index (χ1v) is 7.46. The van der Waals surface area contributed by atoms with E-state index in [1.807, 2.05) is 24.8 Å². The Morgan fingerprint density at radius 1 is 1.29 bits per heavy atom. The molecule has 0 bridgehead atoms. The van der Waals surface area contributed by atoms with Gasteiger partial charge in [0.1, 0.15) is 0 Å². The Morgan fingerprint density at radius 3 is 2.62 bits per heavy atom. The first kappa shape index (κ1) is 15.4. The molecule has 5 nitrogen and oxygen atoms in total. The molecule has 1 amide bonds. The summed E-state index contributed by atoms with van der Waals surface area (Å²) in [5.41, 5.74) is 2.10. The fraction of sp³-hybridized carbons (Fsp3) is 0.500. The standard InChI is InChI=1S/C16H22N2O3/c1-3-17(4-2)15(19)11-18-10-6-8-12-13(16(20)21)7-5-9-14(12)18/h5,7,9H,3-4,6,8,10-11H2,1-2H3,(H,20,21). The number of amides is 1. The molecule has 0 saturated carbocycles. The molecule has 1 aliphatic rings. The van der Waals surface area contributed by atoms with Crippen molar-refractivity contribution in [1.29, 1.82) is 0 Å². The van der Waals surface area contributed by atoms with Crippen molar-refractivity contribution >= 4 is 17.6 Å². The Labute approximate surface area is 125 Å². The maximum absolute atomic E-state index is 12.3. The van der Waals surface area contributed by atoms with Crippen molar-refractivity contribution in [2.75, 3.05) is 31.1 Å². The molecule has 114 valence electrons. The van der Waals surface area contributed by atoms with Gasteiger partial charge in [-0.1, -0.05) is 6.07 Å². The minimum Gasteiger partial charge on any atom is -0.478 e. The number of hydrogen-bond acceptors (Lipinski definition) is 3. The number of aromatic carboxylic acids is 1. The molecule has 1 aromatic carbocycles. The highest BCUT2D eigenvalue weighted by atomic mass is 16.4. The molecule has 0 spiro atoms. The van der Waals surface area contributed by atoms with E-state index in [0.717, 1.165) is 30.6 Å². The third-order valence-electron chi connectivity index (χ3n) is 4.02. The lowest BCUT2D eigenvalue weighted by Gasteiger charge is -2.33. The van der Waals surface area contributed by atoms with E-state index in [1.165, 1.54) is 0 Å². The van der Waals surface area contributed by atoms with Crippen molar-refractivity contribution in [3.8, 4) is 0 Å². The molecule has 0 radical (unpaired) electrons. The van der Waals surface area contributed by atoms with Gasteiger partial charge in [0.05, 0.1) is 12.1 Å². The SMILES string of the molecule is CCN(CC)C(=O)CN1CCCc2c(C(=O)O)cccc21. The zero-order valence-corrected chi connectivity index (χ0v) is 12.6. The van der Waals surface area contributed by atoms with E-state index in [1.54, 1.807) is 17.0 Å². The summed E-state index contributed by atoms with van der Waals surface area (Å²) in [4.78, 5) is 27.4. The molecule has 0 unspecified atom stereocenters. The van der Waals surface area contributed by atoms with E-state index >= 15 is 0 Å². The maximum atomic E-state index is 12.3. The van der Waals surface area contributed by atoms with E-state index in [9.17, 15) is 14.7 Å². The van der Waals surface area contributed by atoms with E-state index < -0.39 is 5.97 Å². The number of carboxylic acids is 1. The monoisotopic (exact) mass is 290 g/mol. The molecule has 1 aromatic rings. The molecule has 0 atom stereocenters. The van der Waals surface area contributed by atoms with Crippen LogP contribution in [-0.4, -0.2) is 48.1 Å².